The van der Waals surface area contributed by atoms with Crippen LogP contribution in [-0.2, 0) is 10.0 Å². The standard InChI is InChI=1S/C20H18BrN3O3S/c1-14-9-11-17(12-10-14)28(26,27)24-23-20(25)18-7-2-3-8-19(18)22-16-6-4-5-15(21)13-16/h2-13,22,24H,1H3,(H,23,25). The molecule has 28 heavy (non-hydrogen) atoms. The average Bonchev–Trinajstić information content (AvgIpc) is 2.67. The molecule has 0 aliphatic rings. The summed E-state index contributed by atoms with van der Waals surface area (Å²) in [4.78, 5) is 14.8. The lowest BCUT2D eigenvalue weighted by molar-refractivity contribution is 0.0946. The molecule has 0 saturated heterocycles. The SMILES string of the molecule is Cc1ccc(S(=O)(=O)NNC(=O)c2ccccc2Nc2cccc(Br)c2)cc1. The van der Waals surface area contributed by atoms with E-state index in [9.17, 15) is 13.2 Å². The first kappa shape index (κ1) is 20.1. The summed E-state index contributed by atoms with van der Waals surface area (Å²) >= 11 is 3.40. The smallest absolute Gasteiger partial charge is 0.268 e. The Labute approximate surface area is 172 Å². The van der Waals surface area contributed by atoms with Crippen LogP contribution in [0.1, 0.15) is 15.9 Å². The molecule has 0 saturated carbocycles. The number of anilines is 2. The zero-order chi connectivity index (χ0) is 20.1. The van der Waals surface area contributed by atoms with Crippen molar-refractivity contribution in [3.63, 3.8) is 0 Å². The molecule has 0 fully saturated rings. The van der Waals surface area contributed by atoms with Crippen LogP contribution in [0.15, 0.2) is 82.2 Å². The molecule has 3 aromatic carbocycles. The number of carbonyl (C=O) groups excluding carboxylic acids is 1. The van der Waals surface area contributed by atoms with Crippen molar-refractivity contribution < 1.29 is 13.2 Å². The monoisotopic (exact) mass is 459 g/mol. The van der Waals surface area contributed by atoms with Gasteiger partial charge in [0.2, 0.25) is 0 Å². The van der Waals surface area contributed by atoms with Gasteiger partial charge in [0.05, 0.1) is 16.1 Å². The van der Waals surface area contributed by atoms with Crippen molar-refractivity contribution in [3.8, 4) is 0 Å². The summed E-state index contributed by atoms with van der Waals surface area (Å²) in [5.74, 6) is -0.575. The van der Waals surface area contributed by atoms with Crippen molar-refractivity contribution in [2.24, 2.45) is 0 Å². The van der Waals surface area contributed by atoms with Crippen LogP contribution in [0.3, 0.4) is 0 Å². The van der Waals surface area contributed by atoms with Crippen LogP contribution in [0, 0.1) is 6.92 Å². The van der Waals surface area contributed by atoms with Gasteiger partial charge in [-0.2, -0.15) is 0 Å². The highest BCUT2D eigenvalue weighted by Gasteiger charge is 2.17. The minimum Gasteiger partial charge on any atom is -0.355 e. The molecule has 0 aromatic heterocycles. The fraction of sp³-hybridized carbons (Fsp3) is 0.0500. The van der Waals surface area contributed by atoms with Gasteiger partial charge in [-0.05, 0) is 49.4 Å². The molecule has 0 aliphatic heterocycles. The van der Waals surface area contributed by atoms with Crippen molar-refractivity contribution in [1.82, 2.24) is 10.3 Å². The fourth-order valence-corrected chi connectivity index (χ4v) is 3.71. The number of para-hydroxylation sites is 1. The molecule has 0 heterocycles. The highest BCUT2D eigenvalue weighted by molar-refractivity contribution is 9.10. The van der Waals surface area contributed by atoms with Crippen molar-refractivity contribution in [1.29, 1.82) is 0 Å². The van der Waals surface area contributed by atoms with Crippen LogP contribution in [0.25, 0.3) is 0 Å². The summed E-state index contributed by atoms with van der Waals surface area (Å²) in [5, 5.41) is 3.16. The lowest BCUT2D eigenvalue weighted by atomic mass is 10.1. The second-order valence-corrected chi connectivity index (χ2v) is 8.65. The number of benzene rings is 3. The molecule has 0 unspecified atom stereocenters. The summed E-state index contributed by atoms with van der Waals surface area (Å²) in [7, 11) is -3.87. The van der Waals surface area contributed by atoms with Gasteiger partial charge in [0, 0.05) is 10.2 Å². The van der Waals surface area contributed by atoms with Crippen LogP contribution in [-0.4, -0.2) is 14.3 Å². The van der Waals surface area contributed by atoms with E-state index >= 15 is 0 Å². The van der Waals surface area contributed by atoms with Crippen LogP contribution >= 0.6 is 15.9 Å². The van der Waals surface area contributed by atoms with Gasteiger partial charge in [-0.3, -0.25) is 10.2 Å². The second kappa shape index (κ2) is 8.55. The number of halogens is 1. The van der Waals surface area contributed by atoms with E-state index in [2.05, 4.69) is 31.5 Å². The van der Waals surface area contributed by atoms with E-state index in [1.165, 1.54) is 12.1 Å². The maximum atomic E-state index is 12.6. The van der Waals surface area contributed by atoms with Crippen molar-refractivity contribution in [2.45, 2.75) is 11.8 Å². The largest absolute Gasteiger partial charge is 0.355 e. The molecule has 3 aromatic rings. The zero-order valence-electron chi connectivity index (χ0n) is 14.9. The van der Waals surface area contributed by atoms with Gasteiger partial charge in [0.25, 0.3) is 15.9 Å². The van der Waals surface area contributed by atoms with E-state index in [4.69, 9.17) is 0 Å². The maximum Gasteiger partial charge on any atom is 0.268 e. The second-order valence-electron chi connectivity index (χ2n) is 6.05. The number of rotatable bonds is 6. The van der Waals surface area contributed by atoms with Gasteiger partial charge < -0.3 is 5.32 Å². The third-order valence-electron chi connectivity index (χ3n) is 3.91. The molecular formula is C20H18BrN3O3S. The van der Waals surface area contributed by atoms with E-state index in [-0.39, 0.29) is 4.90 Å². The predicted molar refractivity (Wildman–Crippen MR) is 113 cm³/mol. The number of hydrogen-bond donors (Lipinski definition) is 3. The van der Waals surface area contributed by atoms with Crippen LogP contribution in [0.5, 0.6) is 0 Å². The minimum absolute atomic E-state index is 0.0685. The third-order valence-corrected chi connectivity index (χ3v) is 5.66. The number of carbonyl (C=O) groups is 1. The van der Waals surface area contributed by atoms with E-state index < -0.39 is 15.9 Å². The molecule has 3 rings (SSSR count). The molecule has 0 aliphatic carbocycles. The summed E-state index contributed by atoms with van der Waals surface area (Å²) < 4.78 is 25.6. The first-order chi connectivity index (χ1) is 13.3. The highest BCUT2D eigenvalue weighted by atomic mass is 79.9. The van der Waals surface area contributed by atoms with E-state index in [0.717, 1.165) is 15.7 Å². The van der Waals surface area contributed by atoms with Crippen molar-refractivity contribution in [2.75, 3.05) is 5.32 Å². The summed E-state index contributed by atoms with van der Waals surface area (Å²) in [6.07, 6.45) is 0. The van der Waals surface area contributed by atoms with Crippen molar-refractivity contribution >= 4 is 43.2 Å². The number of aryl methyl sites for hydroxylation is 1. The molecule has 8 heteroatoms. The summed E-state index contributed by atoms with van der Waals surface area (Å²) in [6, 6.07) is 20.7. The minimum atomic E-state index is -3.87. The summed E-state index contributed by atoms with van der Waals surface area (Å²) in [6.45, 7) is 1.86. The number of hydrogen-bond acceptors (Lipinski definition) is 4. The quantitative estimate of drug-likeness (QED) is 0.483. The highest BCUT2D eigenvalue weighted by Crippen LogP contribution is 2.23. The number of amides is 1. The number of nitrogens with one attached hydrogen (secondary N) is 3. The Morgan fingerprint density at radius 3 is 2.36 bits per heavy atom. The van der Waals surface area contributed by atoms with E-state index in [0.29, 0.717) is 11.3 Å². The molecule has 0 bridgehead atoms. The molecule has 3 N–H and O–H groups in total. The molecule has 0 spiro atoms. The van der Waals surface area contributed by atoms with Crippen molar-refractivity contribution in [3.05, 3.63) is 88.4 Å². The van der Waals surface area contributed by atoms with Gasteiger partial charge in [-0.15, -0.1) is 4.83 Å². The Hall–Kier alpha value is -2.68. The van der Waals surface area contributed by atoms with E-state index in [1.54, 1.807) is 36.4 Å². The Balaban J connectivity index is 1.75. The fourth-order valence-electron chi connectivity index (χ4n) is 2.47. The summed E-state index contributed by atoms with van der Waals surface area (Å²) in [5.41, 5.74) is 4.84. The number of hydrazine groups is 1. The molecule has 6 nitrogen and oxygen atoms in total. The van der Waals surface area contributed by atoms with Crippen LogP contribution < -0.4 is 15.6 Å². The first-order valence-electron chi connectivity index (χ1n) is 8.35. The first-order valence-corrected chi connectivity index (χ1v) is 10.6. The molecular weight excluding hydrogens is 442 g/mol. The Morgan fingerprint density at radius 1 is 0.929 bits per heavy atom. The zero-order valence-corrected chi connectivity index (χ0v) is 17.3. The lowest BCUT2D eigenvalue weighted by Gasteiger charge is -2.13. The molecule has 144 valence electrons. The van der Waals surface area contributed by atoms with Gasteiger partial charge in [-0.25, -0.2) is 8.42 Å². The van der Waals surface area contributed by atoms with Crippen LogP contribution in [0.2, 0.25) is 0 Å². The molecule has 0 radical (unpaired) electrons. The van der Waals surface area contributed by atoms with Crippen LogP contribution in [0.4, 0.5) is 11.4 Å². The Morgan fingerprint density at radius 2 is 1.64 bits per heavy atom. The van der Waals surface area contributed by atoms with Gasteiger partial charge in [0.1, 0.15) is 0 Å². The lowest BCUT2D eigenvalue weighted by Crippen LogP contribution is -2.41. The van der Waals surface area contributed by atoms with Gasteiger partial charge in [0.15, 0.2) is 0 Å². The topological polar surface area (TPSA) is 87.3 Å². The van der Waals surface area contributed by atoms with E-state index in [1.807, 2.05) is 31.2 Å². The molecule has 1 amide bonds. The van der Waals surface area contributed by atoms with Gasteiger partial charge in [-0.1, -0.05) is 51.8 Å². The Kier molecular flexibility index (Phi) is 6.13. The number of sulfonamides is 1. The maximum absolute atomic E-state index is 12.6. The average molecular weight is 460 g/mol. The third kappa shape index (κ3) is 4.98. The normalized spacial score (nSPS) is 11.1. The van der Waals surface area contributed by atoms with Gasteiger partial charge >= 0.3 is 0 Å². The molecule has 0 atom stereocenters. The Bertz CT molecular complexity index is 1100. The predicted octanol–water partition coefficient (Wildman–Crippen LogP) is 4.12.